The van der Waals surface area contributed by atoms with Crippen LogP contribution in [-0.4, -0.2) is 9.55 Å². The van der Waals surface area contributed by atoms with Gasteiger partial charge in [0.05, 0.1) is 24.1 Å². The average molecular weight is 362 g/mol. The first-order chi connectivity index (χ1) is 9.77. The van der Waals surface area contributed by atoms with E-state index in [0.717, 1.165) is 17.8 Å². The molecule has 0 atom stereocenters. The lowest BCUT2D eigenvalue weighted by Gasteiger charge is -2.14. The maximum atomic E-state index is 12.8. The Kier molecular flexibility index (Phi) is 4.61. The molecule has 0 radical (unpaired) electrons. The van der Waals surface area contributed by atoms with Gasteiger partial charge < -0.3 is 9.88 Å². The van der Waals surface area contributed by atoms with Gasteiger partial charge in [-0.05, 0) is 32.0 Å². The van der Waals surface area contributed by atoms with Crippen LogP contribution in [0, 0.1) is 0 Å². The van der Waals surface area contributed by atoms with Crippen molar-refractivity contribution >= 4 is 21.6 Å². The highest BCUT2D eigenvalue weighted by molar-refractivity contribution is 9.10. The molecule has 0 spiro atoms. The van der Waals surface area contributed by atoms with E-state index in [4.69, 9.17) is 0 Å². The first kappa shape index (κ1) is 15.9. The number of aromatic nitrogens is 2. The lowest BCUT2D eigenvalue weighted by Crippen LogP contribution is -2.10. The van der Waals surface area contributed by atoms with E-state index in [1.54, 1.807) is 18.6 Å². The van der Waals surface area contributed by atoms with E-state index >= 15 is 0 Å². The smallest absolute Gasteiger partial charge is 0.379 e. The van der Waals surface area contributed by atoms with Gasteiger partial charge in [0, 0.05) is 22.4 Å². The number of nitrogens with one attached hydrogen (secondary N) is 1. The maximum Gasteiger partial charge on any atom is 0.416 e. The van der Waals surface area contributed by atoms with E-state index in [1.165, 1.54) is 0 Å². The molecular formula is C14H15BrF3N3. The van der Waals surface area contributed by atoms with Crippen LogP contribution in [0.4, 0.5) is 18.9 Å². The van der Waals surface area contributed by atoms with Crippen molar-refractivity contribution in [3.63, 3.8) is 0 Å². The van der Waals surface area contributed by atoms with Crippen LogP contribution in [0.2, 0.25) is 0 Å². The number of imidazole rings is 1. The quantitative estimate of drug-likeness (QED) is 0.842. The zero-order valence-electron chi connectivity index (χ0n) is 11.6. The molecule has 1 N–H and O–H groups in total. The number of hydrogen-bond acceptors (Lipinski definition) is 2. The second-order valence-electron chi connectivity index (χ2n) is 4.97. The standard InChI is InChI=1S/C14H15BrF3N3/c1-9(2)21-8-19-6-13(21)7-20-12-4-10(14(16,17)18)3-11(15)5-12/h3-6,8-9,20H,7H2,1-2H3. The number of alkyl halides is 3. The van der Waals surface area contributed by atoms with Crippen LogP contribution in [0.1, 0.15) is 31.1 Å². The summed E-state index contributed by atoms with van der Waals surface area (Å²) in [6.07, 6.45) is -0.945. The average Bonchev–Trinajstić information content (AvgIpc) is 2.83. The molecule has 1 aromatic heterocycles. The number of hydrogen-bond donors (Lipinski definition) is 1. The fourth-order valence-electron chi connectivity index (χ4n) is 1.98. The van der Waals surface area contributed by atoms with Crippen LogP contribution >= 0.6 is 15.9 Å². The van der Waals surface area contributed by atoms with Crippen molar-refractivity contribution < 1.29 is 13.2 Å². The first-order valence-electron chi connectivity index (χ1n) is 6.39. The second kappa shape index (κ2) is 6.09. The minimum absolute atomic E-state index is 0.248. The molecule has 0 bridgehead atoms. The molecule has 3 nitrogen and oxygen atoms in total. The lowest BCUT2D eigenvalue weighted by atomic mass is 10.2. The minimum Gasteiger partial charge on any atom is -0.379 e. The predicted octanol–water partition coefficient (Wildman–Crippen LogP) is 4.86. The van der Waals surface area contributed by atoms with Crippen LogP contribution in [0.3, 0.4) is 0 Å². The Morgan fingerprint density at radius 3 is 2.62 bits per heavy atom. The summed E-state index contributed by atoms with van der Waals surface area (Å²) in [5.74, 6) is 0. The molecule has 0 aliphatic carbocycles. The van der Waals surface area contributed by atoms with E-state index in [2.05, 4.69) is 26.2 Å². The molecule has 2 rings (SSSR count). The zero-order chi connectivity index (χ0) is 15.6. The van der Waals surface area contributed by atoms with Crippen molar-refractivity contribution in [1.29, 1.82) is 0 Å². The lowest BCUT2D eigenvalue weighted by molar-refractivity contribution is -0.137. The molecule has 0 unspecified atom stereocenters. The largest absolute Gasteiger partial charge is 0.416 e. The number of benzene rings is 1. The van der Waals surface area contributed by atoms with Crippen LogP contribution in [0.15, 0.2) is 35.2 Å². The van der Waals surface area contributed by atoms with Crippen molar-refractivity contribution in [2.24, 2.45) is 0 Å². The Bertz CT molecular complexity index is 620. The molecule has 0 saturated heterocycles. The summed E-state index contributed by atoms with van der Waals surface area (Å²) in [7, 11) is 0. The molecule has 2 aromatic rings. The van der Waals surface area contributed by atoms with Gasteiger partial charge in [0.1, 0.15) is 0 Å². The molecule has 0 saturated carbocycles. The summed E-state index contributed by atoms with van der Waals surface area (Å²) in [6.45, 7) is 4.45. The normalized spacial score (nSPS) is 12.0. The van der Waals surface area contributed by atoms with Gasteiger partial charge in [-0.1, -0.05) is 15.9 Å². The highest BCUT2D eigenvalue weighted by Crippen LogP contribution is 2.33. The third-order valence-corrected chi connectivity index (χ3v) is 3.46. The van der Waals surface area contributed by atoms with Crippen molar-refractivity contribution in [3.8, 4) is 0 Å². The van der Waals surface area contributed by atoms with Crippen LogP contribution in [0.25, 0.3) is 0 Å². The van der Waals surface area contributed by atoms with Crippen molar-refractivity contribution in [1.82, 2.24) is 9.55 Å². The maximum absolute atomic E-state index is 12.8. The number of halogens is 4. The summed E-state index contributed by atoms with van der Waals surface area (Å²) < 4.78 is 40.7. The third kappa shape index (κ3) is 4.00. The van der Waals surface area contributed by atoms with E-state index in [0.29, 0.717) is 16.7 Å². The monoisotopic (exact) mass is 361 g/mol. The summed E-state index contributed by atoms with van der Waals surface area (Å²) in [6, 6.07) is 4.02. The Hall–Kier alpha value is -1.50. The van der Waals surface area contributed by atoms with Crippen LogP contribution in [-0.2, 0) is 12.7 Å². The summed E-state index contributed by atoms with van der Waals surface area (Å²) in [4.78, 5) is 4.06. The molecular weight excluding hydrogens is 347 g/mol. The van der Waals surface area contributed by atoms with Crippen LogP contribution < -0.4 is 5.32 Å². The van der Waals surface area contributed by atoms with Gasteiger partial charge in [-0.15, -0.1) is 0 Å². The molecule has 1 aromatic carbocycles. The molecule has 0 aliphatic heterocycles. The first-order valence-corrected chi connectivity index (χ1v) is 7.19. The topological polar surface area (TPSA) is 29.9 Å². The van der Waals surface area contributed by atoms with Crippen LogP contribution in [0.5, 0.6) is 0 Å². The fraction of sp³-hybridized carbons (Fsp3) is 0.357. The third-order valence-electron chi connectivity index (χ3n) is 3.00. The van der Waals surface area contributed by atoms with Crippen molar-refractivity contribution in [2.45, 2.75) is 32.6 Å². The van der Waals surface area contributed by atoms with Gasteiger partial charge in [0.25, 0.3) is 0 Å². The highest BCUT2D eigenvalue weighted by atomic mass is 79.9. The Morgan fingerprint density at radius 1 is 1.29 bits per heavy atom. The molecule has 0 aliphatic rings. The zero-order valence-corrected chi connectivity index (χ0v) is 13.2. The summed E-state index contributed by atoms with van der Waals surface area (Å²) in [5.41, 5.74) is 0.642. The Labute approximate surface area is 129 Å². The highest BCUT2D eigenvalue weighted by Gasteiger charge is 2.31. The van der Waals surface area contributed by atoms with Gasteiger partial charge in [0.15, 0.2) is 0 Å². The molecule has 0 amide bonds. The van der Waals surface area contributed by atoms with E-state index in [-0.39, 0.29) is 6.04 Å². The molecule has 0 fully saturated rings. The van der Waals surface area contributed by atoms with Crippen molar-refractivity contribution in [2.75, 3.05) is 5.32 Å². The molecule has 1 heterocycles. The predicted molar refractivity (Wildman–Crippen MR) is 79.1 cm³/mol. The van der Waals surface area contributed by atoms with E-state index < -0.39 is 11.7 Å². The van der Waals surface area contributed by atoms with E-state index in [9.17, 15) is 13.2 Å². The number of anilines is 1. The Balaban J connectivity index is 2.17. The number of nitrogens with zero attached hydrogens (tertiary/aromatic N) is 2. The summed E-state index contributed by atoms with van der Waals surface area (Å²) in [5, 5.41) is 3.00. The van der Waals surface area contributed by atoms with E-state index in [1.807, 2.05) is 18.4 Å². The van der Waals surface area contributed by atoms with Gasteiger partial charge in [0.2, 0.25) is 0 Å². The molecule has 21 heavy (non-hydrogen) atoms. The Morgan fingerprint density at radius 2 is 2.00 bits per heavy atom. The van der Waals surface area contributed by atoms with Gasteiger partial charge in [-0.3, -0.25) is 0 Å². The van der Waals surface area contributed by atoms with Crippen molar-refractivity contribution in [3.05, 3.63) is 46.5 Å². The number of rotatable bonds is 4. The fourth-order valence-corrected chi connectivity index (χ4v) is 2.48. The second-order valence-corrected chi connectivity index (χ2v) is 5.88. The summed E-state index contributed by atoms with van der Waals surface area (Å²) >= 11 is 3.10. The van der Waals surface area contributed by atoms with Gasteiger partial charge in [-0.25, -0.2) is 4.98 Å². The SMILES string of the molecule is CC(C)n1cncc1CNc1cc(Br)cc(C(F)(F)F)c1. The van der Waals surface area contributed by atoms with Gasteiger partial charge >= 0.3 is 6.18 Å². The minimum atomic E-state index is -4.36. The van der Waals surface area contributed by atoms with Gasteiger partial charge in [-0.2, -0.15) is 13.2 Å². The molecule has 114 valence electrons. The molecule has 7 heteroatoms.